The van der Waals surface area contributed by atoms with Gasteiger partial charge in [-0.15, -0.1) is 0 Å². The summed E-state index contributed by atoms with van der Waals surface area (Å²) in [5.41, 5.74) is 0. The Morgan fingerprint density at radius 1 is 1.29 bits per heavy atom. The zero-order valence-electron chi connectivity index (χ0n) is 12.2. The standard InChI is InChI=1S/C15H22O6/c1-18-13(17)11-5-9-6-12(11)15(7-9)19-14(20-21-15)4-2-3-10(16)8-14/h9-12,16H,2-8H2,1H3/t9-,10?,11-,12-,14?,15+/m1/s1. The fourth-order valence-corrected chi connectivity index (χ4v) is 4.81. The molecule has 1 saturated heterocycles. The van der Waals surface area contributed by atoms with Gasteiger partial charge in [-0.05, 0) is 31.6 Å². The van der Waals surface area contributed by atoms with Crippen molar-refractivity contribution >= 4 is 5.97 Å². The lowest BCUT2D eigenvalue weighted by Gasteiger charge is -2.37. The first-order chi connectivity index (χ1) is 10.1. The van der Waals surface area contributed by atoms with Crippen LogP contribution in [0, 0.1) is 17.8 Å². The van der Waals surface area contributed by atoms with Crippen LogP contribution in [-0.4, -0.2) is 35.9 Å². The normalized spacial score (nSPS) is 51.9. The molecule has 4 fully saturated rings. The van der Waals surface area contributed by atoms with Crippen molar-refractivity contribution in [1.29, 1.82) is 0 Å². The van der Waals surface area contributed by atoms with Gasteiger partial charge < -0.3 is 14.6 Å². The van der Waals surface area contributed by atoms with Crippen LogP contribution in [0.15, 0.2) is 0 Å². The Balaban J connectivity index is 1.55. The quantitative estimate of drug-likeness (QED) is 0.584. The molecule has 0 aromatic carbocycles. The molecule has 21 heavy (non-hydrogen) atoms. The average Bonchev–Trinajstić information content (AvgIpc) is 3.11. The Hall–Kier alpha value is -0.690. The second-order valence-electron chi connectivity index (χ2n) is 7.02. The van der Waals surface area contributed by atoms with Crippen molar-refractivity contribution in [2.45, 2.75) is 62.6 Å². The van der Waals surface area contributed by atoms with E-state index in [9.17, 15) is 9.90 Å². The largest absolute Gasteiger partial charge is 0.469 e. The number of hydrogen-bond donors (Lipinski definition) is 1. The lowest BCUT2D eigenvalue weighted by molar-refractivity contribution is -0.365. The third-order valence-corrected chi connectivity index (χ3v) is 5.64. The average molecular weight is 298 g/mol. The van der Waals surface area contributed by atoms with Gasteiger partial charge in [0, 0.05) is 25.2 Å². The van der Waals surface area contributed by atoms with Crippen molar-refractivity contribution in [2.75, 3.05) is 7.11 Å². The third-order valence-electron chi connectivity index (χ3n) is 5.64. The van der Waals surface area contributed by atoms with Gasteiger partial charge in [-0.1, -0.05) is 0 Å². The summed E-state index contributed by atoms with van der Waals surface area (Å²) in [6, 6.07) is 0. The molecule has 6 heteroatoms. The van der Waals surface area contributed by atoms with Gasteiger partial charge in [0.2, 0.25) is 11.6 Å². The summed E-state index contributed by atoms with van der Waals surface area (Å²) in [7, 11) is 1.42. The van der Waals surface area contributed by atoms with E-state index in [0.717, 1.165) is 38.5 Å². The number of esters is 1. The molecule has 1 heterocycles. The highest BCUT2D eigenvalue weighted by Crippen LogP contribution is 2.61. The van der Waals surface area contributed by atoms with E-state index in [1.54, 1.807) is 0 Å². The number of ether oxygens (including phenoxy) is 2. The van der Waals surface area contributed by atoms with Crippen LogP contribution < -0.4 is 0 Å². The molecule has 6 atom stereocenters. The van der Waals surface area contributed by atoms with Gasteiger partial charge >= 0.3 is 5.97 Å². The van der Waals surface area contributed by atoms with Crippen molar-refractivity contribution < 1.29 is 29.1 Å². The molecule has 4 aliphatic rings. The van der Waals surface area contributed by atoms with Crippen LogP contribution in [0.1, 0.15) is 44.9 Å². The Kier molecular flexibility index (Phi) is 3.09. The van der Waals surface area contributed by atoms with Crippen LogP contribution in [0.4, 0.5) is 0 Å². The van der Waals surface area contributed by atoms with Crippen LogP contribution in [0.3, 0.4) is 0 Å². The zero-order valence-corrected chi connectivity index (χ0v) is 12.2. The minimum absolute atomic E-state index is 0.00612. The number of rotatable bonds is 1. The van der Waals surface area contributed by atoms with Crippen LogP contribution in [0.5, 0.6) is 0 Å². The highest BCUT2D eigenvalue weighted by Gasteiger charge is 2.67. The minimum Gasteiger partial charge on any atom is -0.469 e. The minimum atomic E-state index is -0.831. The molecule has 2 bridgehead atoms. The fourth-order valence-electron chi connectivity index (χ4n) is 4.81. The van der Waals surface area contributed by atoms with Gasteiger partial charge in [-0.3, -0.25) is 4.79 Å². The number of methoxy groups -OCH3 is 1. The molecule has 1 aliphatic heterocycles. The second-order valence-corrected chi connectivity index (χ2v) is 7.02. The molecular weight excluding hydrogens is 276 g/mol. The summed E-state index contributed by atoms with van der Waals surface area (Å²) in [4.78, 5) is 23.2. The summed E-state index contributed by atoms with van der Waals surface area (Å²) < 4.78 is 11.2. The summed E-state index contributed by atoms with van der Waals surface area (Å²) >= 11 is 0. The van der Waals surface area contributed by atoms with E-state index in [2.05, 4.69) is 0 Å². The molecule has 3 aliphatic carbocycles. The topological polar surface area (TPSA) is 74.2 Å². The number of carbonyl (C=O) groups is 1. The van der Waals surface area contributed by atoms with Crippen molar-refractivity contribution in [2.24, 2.45) is 17.8 Å². The second kappa shape index (κ2) is 4.65. The molecule has 0 aromatic heterocycles. The van der Waals surface area contributed by atoms with Crippen molar-refractivity contribution in [3.05, 3.63) is 0 Å². The van der Waals surface area contributed by atoms with Crippen molar-refractivity contribution in [3.8, 4) is 0 Å². The van der Waals surface area contributed by atoms with E-state index in [1.807, 2.05) is 0 Å². The van der Waals surface area contributed by atoms with E-state index in [1.165, 1.54) is 7.11 Å². The Labute approximate surface area is 123 Å². The molecule has 0 radical (unpaired) electrons. The SMILES string of the molecule is COC(=O)[C@@H]1C[C@@H]2C[C@H]1[C@]1(C2)OOC2(CCCC(O)C2)O1. The number of hydrogen-bond acceptors (Lipinski definition) is 6. The van der Waals surface area contributed by atoms with Crippen LogP contribution in [-0.2, 0) is 24.0 Å². The summed E-state index contributed by atoms with van der Waals surface area (Å²) in [6.07, 6.45) is 4.92. The van der Waals surface area contributed by atoms with Gasteiger partial charge in [0.1, 0.15) is 0 Å². The first-order valence-electron chi connectivity index (χ1n) is 7.89. The van der Waals surface area contributed by atoms with Gasteiger partial charge in [-0.2, -0.15) is 9.78 Å². The van der Waals surface area contributed by atoms with Gasteiger partial charge in [0.25, 0.3) is 0 Å². The number of aliphatic hydroxyl groups excluding tert-OH is 1. The molecule has 3 saturated carbocycles. The Morgan fingerprint density at radius 3 is 2.86 bits per heavy atom. The first kappa shape index (κ1) is 13.9. The Morgan fingerprint density at radius 2 is 2.14 bits per heavy atom. The molecule has 4 rings (SSSR count). The van der Waals surface area contributed by atoms with E-state index in [4.69, 9.17) is 19.2 Å². The highest BCUT2D eigenvalue weighted by molar-refractivity contribution is 5.73. The molecule has 1 N–H and O–H groups in total. The maximum Gasteiger partial charge on any atom is 0.309 e. The lowest BCUT2D eigenvalue weighted by atomic mass is 9.83. The fraction of sp³-hybridized carbons (Fsp3) is 0.933. The molecule has 0 aromatic rings. The van der Waals surface area contributed by atoms with Crippen LogP contribution in [0.2, 0.25) is 0 Å². The van der Waals surface area contributed by atoms with E-state index in [0.29, 0.717) is 12.3 Å². The zero-order chi connectivity index (χ0) is 14.7. The van der Waals surface area contributed by atoms with Crippen LogP contribution in [0.25, 0.3) is 0 Å². The Bertz CT molecular complexity index is 453. The summed E-state index contributed by atoms with van der Waals surface area (Å²) in [5, 5.41) is 9.89. The van der Waals surface area contributed by atoms with Gasteiger partial charge in [-0.25, -0.2) is 0 Å². The van der Waals surface area contributed by atoms with Gasteiger partial charge in [0.15, 0.2) is 0 Å². The smallest absolute Gasteiger partial charge is 0.309 e. The van der Waals surface area contributed by atoms with Crippen LogP contribution >= 0.6 is 0 Å². The molecule has 118 valence electrons. The van der Waals surface area contributed by atoms with Crippen molar-refractivity contribution in [3.63, 3.8) is 0 Å². The maximum atomic E-state index is 11.9. The summed E-state index contributed by atoms with van der Waals surface area (Å²) in [5.74, 6) is -1.58. The third kappa shape index (κ3) is 2.04. The highest BCUT2D eigenvalue weighted by atomic mass is 17.3. The predicted molar refractivity (Wildman–Crippen MR) is 69.5 cm³/mol. The van der Waals surface area contributed by atoms with Crippen molar-refractivity contribution in [1.82, 2.24) is 0 Å². The van der Waals surface area contributed by atoms with E-state index in [-0.39, 0.29) is 17.8 Å². The van der Waals surface area contributed by atoms with E-state index < -0.39 is 17.7 Å². The van der Waals surface area contributed by atoms with Gasteiger partial charge in [0.05, 0.1) is 19.1 Å². The predicted octanol–water partition coefficient (Wildman–Crippen LogP) is 1.51. The molecule has 2 unspecified atom stereocenters. The van der Waals surface area contributed by atoms with E-state index >= 15 is 0 Å². The molecule has 0 amide bonds. The number of aliphatic hydroxyl groups is 1. The number of fused-ring (bicyclic) bond motifs is 3. The maximum absolute atomic E-state index is 11.9. The first-order valence-corrected chi connectivity index (χ1v) is 7.89. The molecule has 6 nitrogen and oxygen atoms in total. The lowest BCUT2D eigenvalue weighted by Crippen LogP contribution is -2.47. The number of carbonyl (C=O) groups excluding carboxylic acids is 1. The molecular formula is C15H22O6. The monoisotopic (exact) mass is 298 g/mol. The molecule has 2 spiro atoms. The summed E-state index contributed by atoms with van der Waals surface area (Å²) in [6.45, 7) is 0.